The van der Waals surface area contributed by atoms with E-state index in [4.69, 9.17) is 0 Å². The number of hydrogen-bond acceptors (Lipinski definition) is 0. The van der Waals surface area contributed by atoms with E-state index in [-0.39, 0.29) is 0 Å². The van der Waals surface area contributed by atoms with Gasteiger partial charge in [0.25, 0.3) is 0 Å². The highest BCUT2D eigenvalue weighted by Gasteiger charge is 2.16. The van der Waals surface area contributed by atoms with Crippen molar-refractivity contribution in [3.05, 3.63) is 6.42 Å². The average Bonchev–Trinajstić information content (AvgIpc) is 1.89. The summed E-state index contributed by atoms with van der Waals surface area (Å²) >= 11 is 0. The lowest BCUT2D eigenvalue weighted by atomic mass is 9.89. The van der Waals surface area contributed by atoms with Crippen molar-refractivity contribution in [3.8, 4) is 0 Å². The monoisotopic (exact) mass is 141 g/mol. The minimum atomic E-state index is 0.810. The Balaban J connectivity index is 3.38. The molecular formula is C10H21+. The maximum absolute atomic E-state index is 2.42. The highest BCUT2D eigenvalue weighted by atomic mass is 14.1. The molecule has 60 valence electrons. The molecule has 0 aliphatic carbocycles. The van der Waals surface area contributed by atoms with Crippen molar-refractivity contribution in [2.45, 2.75) is 47.0 Å². The summed E-state index contributed by atoms with van der Waals surface area (Å²) in [5.74, 6) is 1.69. The minimum Gasteiger partial charge on any atom is -0.0654 e. The third kappa shape index (κ3) is 3.81. The molecule has 0 saturated heterocycles. The fourth-order valence-electron chi connectivity index (χ4n) is 1.32. The summed E-state index contributed by atoms with van der Waals surface area (Å²) in [6.07, 6.45) is 6.33. The zero-order valence-corrected chi connectivity index (χ0v) is 7.85. The first-order valence-corrected chi connectivity index (χ1v) is 4.55. The number of hydrogen-bond donors (Lipinski definition) is 0. The molecule has 0 bridgehead atoms. The summed E-state index contributed by atoms with van der Waals surface area (Å²) in [6.45, 7) is 9.15. The highest BCUT2D eigenvalue weighted by molar-refractivity contribution is 4.74. The van der Waals surface area contributed by atoms with E-state index in [1.807, 2.05) is 0 Å². The normalized spacial score (nSPS) is 16.4. The van der Waals surface area contributed by atoms with Crippen molar-refractivity contribution < 1.29 is 0 Å². The van der Waals surface area contributed by atoms with Crippen LogP contribution in [0.3, 0.4) is 0 Å². The molecule has 0 spiro atoms. The van der Waals surface area contributed by atoms with Gasteiger partial charge in [0.1, 0.15) is 0 Å². The summed E-state index contributed by atoms with van der Waals surface area (Å²) in [7, 11) is 0. The molecule has 0 aliphatic rings. The van der Waals surface area contributed by atoms with Crippen LogP contribution in [0.25, 0.3) is 0 Å². The van der Waals surface area contributed by atoms with Crippen LogP contribution in [0.1, 0.15) is 47.0 Å². The van der Waals surface area contributed by atoms with Gasteiger partial charge in [-0.3, -0.25) is 0 Å². The Morgan fingerprint density at radius 1 is 1.20 bits per heavy atom. The van der Waals surface area contributed by atoms with Crippen LogP contribution in [0.2, 0.25) is 0 Å². The van der Waals surface area contributed by atoms with Crippen LogP contribution in [0.4, 0.5) is 0 Å². The van der Waals surface area contributed by atoms with Gasteiger partial charge in [-0.2, -0.15) is 0 Å². The smallest absolute Gasteiger partial charge is 0.0654 e. The Kier molecular flexibility index (Phi) is 5.57. The lowest BCUT2D eigenvalue weighted by molar-refractivity contribution is 0.396. The third-order valence-electron chi connectivity index (χ3n) is 2.25. The Bertz CT molecular complexity index is 56.4. The van der Waals surface area contributed by atoms with E-state index in [9.17, 15) is 0 Å². The van der Waals surface area contributed by atoms with Crippen molar-refractivity contribution in [3.63, 3.8) is 0 Å². The van der Waals surface area contributed by atoms with Crippen molar-refractivity contribution in [2.24, 2.45) is 11.8 Å². The van der Waals surface area contributed by atoms with Crippen LogP contribution >= 0.6 is 0 Å². The van der Waals surface area contributed by atoms with Gasteiger partial charge in [0.15, 0.2) is 0 Å². The Hall–Kier alpha value is -0.130. The van der Waals surface area contributed by atoms with Gasteiger partial charge < -0.3 is 0 Å². The fraction of sp³-hybridized carbons (Fsp3) is 0.900. The van der Waals surface area contributed by atoms with Crippen LogP contribution in [0.5, 0.6) is 0 Å². The fourth-order valence-corrected chi connectivity index (χ4v) is 1.32. The summed E-state index contributed by atoms with van der Waals surface area (Å²) in [6, 6.07) is 0. The minimum absolute atomic E-state index is 0.810. The first-order chi connectivity index (χ1) is 4.72. The standard InChI is InChI=1S/C10H21/c1-5-7-9(3)10(4)8-6-2/h7,9-10H,5-6,8H2,1-4H3/q+1. The largest absolute Gasteiger partial charge is 0.0974 e. The van der Waals surface area contributed by atoms with E-state index in [1.165, 1.54) is 19.3 Å². The Morgan fingerprint density at radius 3 is 2.20 bits per heavy atom. The van der Waals surface area contributed by atoms with Gasteiger partial charge in [0.05, 0.1) is 18.8 Å². The van der Waals surface area contributed by atoms with Gasteiger partial charge in [-0.1, -0.05) is 20.3 Å². The molecule has 0 radical (unpaired) electrons. The molecule has 10 heavy (non-hydrogen) atoms. The molecule has 0 heterocycles. The van der Waals surface area contributed by atoms with Crippen LogP contribution in [-0.2, 0) is 0 Å². The molecule has 0 heteroatoms. The van der Waals surface area contributed by atoms with Gasteiger partial charge in [-0.25, -0.2) is 0 Å². The zero-order chi connectivity index (χ0) is 7.98. The zero-order valence-electron chi connectivity index (χ0n) is 7.85. The molecule has 2 unspecified atom stereocenters. The van der Waals surface area contributed by atoms with Gasteiger partial charge in [-0.15, -0.1) is 0 Å². The molecule has 0 nitrogen and oxygen atoms in total. The predicted molar refractivity (Wildman–Crippen MR) is 47.8 cm³/mol. The molecule has 2 atom stereocenters. The highest BCUT2D eigenvalue weighted by Crippen LogP contribution is 2.19. The van der Waals surface area contributed by atoms with E-state index in [2.05, 4.69) is 34.1 Å². The van der Waals surface area contributed by atoms with E-state index in [0.29, 0.717) is 0 Å². The van der Waals surface area contributed by atoms with Crippen LogP contribution in [0.15, 0.2) is 0 Å². The Labute approximate surface area is 66.0 Å². The quantitative estimate of drug-likeness (QED) is 0.512. The SMILES string of the molecule is CC[CH+]C(C)C(C)CCC. The van der Waals surface area contributed by atoms with Crippen LogP contribution in [-0.4, -0.2) is 0 Å². The van der Waals surface area contributed by atoms with E-state index < -0.39 is 0 Å². The molecule has 0 N–H and O–H groups in total. The molecule has 0 aromatic rings. The summed E-state index contributed by atoms with van der Waals surface area (Å²) < 4.78 is 0. The topological polar surface area (TPSA) is 0 Å². The van der Waals surface area contributed by atoms with Gasteiger partial charge in [0, 0.05) is 0 Å². The first-order valence-electron chi connectivity index (χ1n) is 4.55. The predicted octanol–water partition coefficient (Wildman–Crippen LogP) is 3.67. The van der Waals surface area contributed by atoms with Crippen molar-refractivity contribution >= 4 is 0 Å². The maximum Gasteiger partial charge on any atom is 0.0974 e. The van der Waals surface area contributed by atoms with E-state index in [0.717, 1.165) is 11.8 Å². The van der Waals surface area contributed by atoms with Crippen molar-refractivity contribution in [1.29, 1.82) is 0 Å². The third-order valence-corrected chi connectivity index (χ3v) is 2.25. The van der Waals surface area contributed by atoms with Gasteiger partial charge >= 0.3 is 0 Å². The van der Waals surface area contributed by atoms with Crippen LogP contribution < -0.4 is 0 Å². The van der Waals surface area contributed by atoms with E-state index in [1.54, 1.807) is 0 Å². The maximum atomic E-state index is 2.42. The second kappa shape index (κ2) is 5.64. The molecule has 0 amide bonds. The Morgan fingerprint density at radius 2 is 1.80 bits per heavy atom. The van der Waals surface area contributed by atoms with Crippen molar-refractivity contribution in [1.82, 2.24) is 0 Å². The second-order valence-corrected chi connectivity index (χ2v) is 3.27. The lowest BCUT2D eigenvalue weighted by Crippen LogP contribution is -2.07. The summed E-state index contributed by atoms with van der Waals surface area (Å²) in [5, 5.41) is 0. The molecule has 0 aromatic carbocycles. The summed E-state index contributed by atoms with van der Waals surface area (Å²) in [4.78, 5) is 0. The molecule has 0 rings (SSSR count). The molecular weight excluding hydrogens is 120 g/mol. The lowest BCUT2D eigenvalue weighted by Gasteiger charge is -2.10. The van der Waals surface area contributed by atoms with E-state index >= 15 is 0 Å². The number of rotatable bonds is 5. The molecule has 0 fully saturated rings. The average molecular weight is 141 g/mol. The molecule has 0 aromatic heterocycles. The van der Waals surface area contributed by atoms with Gasteiger partial charge in [0.2, 0.25) is 0 Å². The van der Waals surface area contributed by atoms with Crippen molar-refractivity contribution in [2.75, 3.05) is 0 Å². The first kappa shape index (κ1) is 9.87. The second-order valence-electron chi connectivity index (χ2n) is 3.27. The summed E-state index contributed by atoms with van der Waals surface area (Å²) in [5.41, 5.74) is 0. The van der Waals surface area contributed by atoms with Crippen LogP contribution in [0, 0.1) is 18.3 Å². The van der Waals surface area contributed by atoms with Gasteiger partial charge in [-0.05, 0) is 26.2 Å². The molecule has 0 saturated carbocycles. The molecule has 0 aliphatic heterocycles.